The molecule has 0 aliphatic rings. The Morgan fingerprint density at radius 3 is 2.40 bits per heavy atom. The maximum Gasteiger partial charge on any atom is 0.256 e. The number of carbonyl (C=O) groups excluding carboxylic acids is 1. The van der Waals surface area contributed by atoms with E-state index < -0.39 is 6.10 Å². The molecular weight excluding hydrogens is 318 g/mol. The molecule has 0 aliphatic heterocycles. The molecule has 3 nitrogen and oxygen atoms in total. The van der Waals surface area contributed by atoms with Crippen LogP contribution in [0.2, 0.25) is 0 Å². The van der Waals surface area contributed by atoms with Crippen LogP contribution in [0.15, 0.2) is 59.1 Å². The molecule has 0 aromatic heterocycles. The van der Waals surface area contributed by atoms with E-state index in [4.69, 9.17) is 0 Å². The Kier molecular flexibility index (Phi) is 4.93. The van der Waals surface area contributed by atoms with Crippen molar-refractivity contribution < 1.29 is 9.90 Å². The first-order valence-electron chi connectivity index (χ1n) is 6.31. The Morgan fingerprint density at radius 1 is 1.15 bits per heavy atom. The van der Waals surface area contributed by atoms with Crippen LogP contribution in [0.5, 0.6) is 0 Å². The maximum absolute atomic E-state index is 12.2. The van der Waals surface area contributed by atoms with E-state index in [9.17, 15) is 9.90 Å². The zero-order chi connectivity index (χ0) is 14.5. The number of nitrogens with zero attached hydrogens (tertiary/aromatic N) is 1. The Bertz CT molecular complexity index is 586. The summed E-state index contributed by atoms with van der Waals surface area (Å²) < 4.78 is 0.953. The van der Waals surface area contributed by atoms with Crippen molar-refractivity contribution >= 4 is 21.8 Å². The van der Waals surface area contributed by atoms with Crippen molar-refractivity contribution in [3.8, 4) is 0 Å². The number of rotatable bonds is 4. The fraction of sp³-hybridized carbons (Fsp3) is 0.188. The highest BCUT2D eigenvalue weighted by atomic mass is 79.9. The van der Waals surface area contributed by atoms with E-state index in [1.807, 2.05) is 30.3 Å². The van der Waals surface area contributed by atoms with Crippen molar-refractivity contribution in [2.75, 3.05) is 7.05 Å². The summed E-state index contributed by atoms with van der Waals surface area (Å²) in [5.74, 6) is -0.313. The largest absolute Gasteiger partial charge is 0.378 e. The van der Waals surface area contributed by atoms with Crippen molar-refractivity contribution in [3.05, 3.63) is 70.2 Å². The third-order valence-electron chi connectivity index (χ3n) is 3.09. The molecule has 2 aromatic carbocycles. The third-order valence-corrected chi connectivity index (χ3v) is 3.86. The molecule has 20 heavy (non-hydrogen) atoms. The summed E-state index contributed by atoms with van der Waals surface area (Å²) in [6.45, 7) is 0.449. The Hall–Kier alpha value is -1.65. The minimum atomic E-state index is -1.12. The average molecular weight is 334 g/mol. The van der Waals surface area contributed by atoms with Crippen molar-refractivity contribution in [1.82, 2.24) is 4.90 Å². The lowest BCUT2D eigenvalue weighted by Gasteiger charge is -2.21. The van der Waals surface area contributed by atoms with Crippen LogP contribution in [0.25, 0.3) is 0 Å². The van der Waals surface area contributed by atoms with Gasteiger partial charge in [0.1, 0.15) is 0 Å². The van der Waals surface area contributed by atoms with E-state index in [-0.39, 0.29) is 5.91 Å². The third kappa shape index (κ3) is 3.46. The van der Waals surface area contributed by atoms with Gasteiger partial charge in [-0.25, -0.2) is 0 Å². The van der Waals surface area contributed by atoms with Crippen LogP contribution in [-0.4, -0.2) is 23.0 Å². The number of likely N-dealkylation sites (N-methyl/N-ethyl adjacent to an activating group) is 1. The summed E-state index contributed by atoms with van der Waals surface area (Å²) in [6, 6.07) is 16.7. The lowest BCUT2D eigenvalue weighted by Crippen LogP contribution is -2.31. The molecule has 1 unspecified atom stereocenters. The summed E-state index contributed by atoms with van der Waals surface area (Å²) in [4.78, 5) is 13.7. The molecule has 0 heterocycles. The normalized spacial score (nSPS) is 11.9. The maximum atomic E-state index is 12.2. The lowest BCUT2D eigenvalue weighted by atomic mass is 10.1. The van der Waals surface area contributed by atoms with Gasteiger partial charge in [0.05, 0.1) is 0 Å². The van der Waals surface area contributed by atoms with E-state index >= 15 is 0 Å². The Labute approximate surface area is 127 Å². The highest BCUT2D eigenvalue weighted by molar-refractivity contribution is 9.10. The summed E-state index contributed by atoms with van der Waals surface area (Å²) in [6.07, 6.45) is -1.12. The molecule has 104 valence electrons. The molecule has 2 rings (SSSR count). The molecule has 1 N–H and O–H groups in total. The lowest BCUT2D eigenvalue weighted by molar-refractivity contribution is -0.139. The highest BCUT2D eigenvalue weighted by Crippen LogP contribution is 2.20. The molecule has 1 atom stereocenters. The number of hydrogen-bond acceptors (Lipinski definition) is 2. The molecule has 0 radical (unpaired) electrons. The van der Waals surface area contributed by atoms with Gasteiger partial charge in [-0.2, -0.15) is 0 Å². The van der Waals surface area contributed by atoms with Crippen molar-refractivity contribution in [3.63, 3.8) is 0 Å². The van der Waals surface area contributed by atoms with Crippen molar-refractivity contribution in [2.45, 2.75) is 12.6 Å². The van der Waals surface area contributed by atoms with Crippen LogP contribution in [0, 0.1) is 0 Å². The molecule has 0 aliphatic carbocycles. The number of halogens is 1. The summed E-state index contributed by atoms with van der Waals surface area (Å²) >= 11 is 3.46. The van der Waals surface area contributed by atoms with E-state index in [0.29, 0.717) is 12.1 Å². The molecule has 0 saturated heterocycles. The van der Waals surface area contributed by atoms with E-state index in [2.05, 4.69) is 15.9 Å². The van der Waals surface area contributed by atoms with Gasteiger partial charge >= 0.3 is 0 Å². The first-order chi connectivity index (χ1) is 9.59. The smallest absolute Gasteiger partial charge is 0.256 e. The predicted octanol–water partition coefficient (Wildman–Crippen LogP) is 3.14. The first kappa shape index (κ1) is 14.8. The minimum absolute atomic E-state index is 0.313. The number of aliphatic hydroxyl groups excluding tert-OH is 1. The summed E-state index contributed by atoms with van der Waals surface area (Å²) in [5.41, 5.74) is 1.61. The minimum Gasteiger partial charge on any atom is -0.378 e. The zero-order valence-electron chi connectivity index (χ0n) is 11.2. The number of benzene rings is 2. The van der Waals surface area contributed by atoms with Crippen molar-refractivity contribution in [1.29, 1.82) is 0 Å². The standard InChI is InChI=1S/C16H16BrNO2/c1-18(11-13-9-5-6-10-14(13)17)16(20)15(19)12-7-3-2-4-8-12/h2-10,15,19H,11H2,1H3. The van der Waals surface area contributed by atoms with E-state index in [0.717, 1.165) is 10.0 Å². The first-order valence-corrected chi connectivity index (χ1v) is 7.10. The van der Waals surface area contributed by atoms with Gasteiger partial charge in [0.15, 0.2) is 6.10 Å². The van der Waals surface area contributed by atoms with Gasteiger partial charge in [-0.05, 0) is 17.2 Å². The quantitative estimate of drug-likeness (QED) is 0.933. The molecule has 1 amide bonds. The average Bonchev–Trinajstić information content (AvgIpc) is 2.49. The molecular formula is C16H16BrNO2. The van der Waals surface area contributed by atoms with Gasteiger partial charge in [0.25, 0.3) is 5.91 Å². The Morgan fingerprint density at radius 2 is 1.75 bits per heavy atom. The number of hydrogen-bond donors (Lipinski definition) is 1. The summed E-state index contributed by atoms with van der Waals surface area (Å²) in [5, 5.41) is 10.1. The molecule has 0 spiro atoms. The van der Waals surface area contributed by atoms with Crippen LogP contribution in [0.3, 0.4) is 0 Å². The highest BCUT2D eigenvalue weighted by Gasteiger charge is 2.21. The van der Waals surface area contributed by atoms with Crippen LogP contribution in [-0.2, 0) is 11.3 Å². The Balaban J connectivity index is 2.08. The van der Waals surface area contributed by atoms with Crippen LogP contribution in [0.4, 0.5) is 0 Å². The topological polar surface area (TPSA) is 40.5 Å². The van der Waals surface area contributed by atoms with Crippen molar-refractivity contribution in [2.24, 2.45) is 0 Å². The molecule has 2 aromatic rings. The number of amides is 1. The second-order valence-electron chi connectivity index (χ2n) is 4.60. The molecule has 0 fully saturated rings. The number of aliphatic hydroxyl groups is 1. The van der Waals surface area contributed by atoms with Gasteiger partial charge in [0.2, 0.25) is 0 Å². The van der Waals surface area contributed by atoms with E-state index in [1.54, 1.807) is 31.3 Å². The van der Waals surface area contributed by atoms with Gasteiger partial charge < -0.3 is 10.0 Å². The van der Waals surface area contributed by atoms with Gasteiger partial charge in [0, 0.05) is 18.1 Å². The monoisotopic (exact) mass is 333 g/mol. The number of carbonyl (C=O) groups is 1. The second kappa shape index (κ2) is 6.68. The molecule has 4 heteroatoms. The zero-order valence-corrected chi connectivity index (χ0v) is 12.7. The fourth-order valence-corrected chi connectivity index (χ4v) is 2.36. The second-order valence-corrected chi connectivity index (χ2v) is 5.45. The van der Waals surface area contributed by atoms with Gasteiger partial charge in [-0.15, -0.1) is 0 Å². The SMILES string of the molecule is CN(Cc1ccccc1Br)C(=O)C(O)c1ccccc1. The fourth-order valence-electron chi connectivity index (χ4n) is 1.95. The molecule has 0 bridgehead atoms. The van der Waals surface area contributed by atoms with Gasteiger partial charge in [-0.3, -0.25) is 4.79 Å². The van der Waals surface area contributed by atoms with Gasteiger partial charge in [-0.1, -0.05) is 64.5 Å². The van der Waals surface area contributed by atoms with E-state index in [1.165, 1.54) is 4.90 Å². The van der Waals surface area contributed by atoms with Crippen LogP contribution in [0.1, 0.15) is 17.2 Å². The summed E-state index contributed by atoms with van der Waals surface area (Å²) in [7, 11) is 1.69. The predicted molar refractivity (Wildman–Crippen MR) is 82.0 cm³/mol. The van der Waals surface area contributed by atoms with Crippen LogP contribution >= 0.6 is 15.9 Å². The van der Waals surface area contributed by atoms with Crippen LogP contribution < -0.4 is 0 Å². The molecule has 0 saturated carbocycles.